The van der Waals surface area contributed by atoms with E-state index in [0.717, 1.165) is 37.7 Å². The van der Waals surface area contributed by atoms with Crippen LogP contribution < -0.4 is 5.32 Å². The third kappa shape index (κ3) is 23.0. The lowest BCUT2D eigenvalue weighted by molar-refractivity contribution is -0.321. The van der Waals surface area contributed by atoms with Crippen molar-refractivity contribution in [2.75, 3.05) is 33.0 Å². The second-order valence-electron chi connectivity index (χ2n) is 27.0. The Balaban J connectivity index is 0.779. The fourth-order valence-electron chi connectivity index (χ4n) is 13.5. The first-order chi connectivity index (χ1) is 44.6. The first kappa shape index (κ1) is 78.4. The fraction of sp³-hybridized carbons (Fsp3) is 0.769. The highest BCUT2D eigenvalue weighted by molar-refractivity contribution is 7.81. The summed E-state index contributed by atoms with van der Waals surface area (Å²) in [4.78, 5) is 37.8. The number of hydrogen-bond acceptors (Lipinski definition) is 25. The van der Waals surface area contributed by atoms with Crippen LogP contribution in [0.5, 0.6) is 0 Å². The number of hydrogen-bond donors (Lipinski definition) is 10. The Morgan fingerprint density at radius 3 is 2.33 bits per heavy atom. The molecule has 10 N–H and O–H groups in total. The van der Waals surface area contributed by atoms with Crippen LogP contribution in [0.3, 0.4) is 0 Å². The average molecular weight is 1390 g/mol. The molecule has 95 heavy (non-hydrogen) atoms. The average Bonchev–Trinajstić information content (AvgIpc) is 1.73. The number of aliphatic hydroxyl groups is 7. The highest BCUT2D eigenvalue weighted by Crippen LogP contribution is 2.48. The Morgan fingerprint density at radius 1 is 0.874 bits per heavy atom. The summed E-state index contributed by atoms with van der Waals surface area (Å²) in [5, 5.41) is 79.1. The van der Waals surface area contributed by atoms with Gasteiger partial charge in [-0.1, -0.05) is 69.4 Å². The van der Waals surface area contributed by atoms with Gasteiger partial charge in [-0.25, -0.2) is 13.2 Å². The molecule has 7 heterocycles. The zero-order valence-corrected chi connectivity index (χ0v) is 56.7. The first-order valence-electron chi connectivity index (χ1n) is 33.0. The summed E-state index contributed by atoms with van der Waals surface area (Å²) in [7, 11) is -10.4. The van der Waals surface area contributed by atoms with Crippen LogP contribution in [-0.4, -0.2) is 221 Å². The van der Waals surface area contributed by atoms with E-state index in [1.807, 2.05) is 26.0 Å². The molecule has 7 aliphatic rings. The summed E-state index contributed by atoms with van der Waals surface area (Å²) in [6.07, 6.45) is 7.02. The number of aliphatic hydroxyl groups excluding tert-OH is 6. The summed E-state index contributed by atoms with van der Waals surface area (Å²) in [5.41, 5.74) is -0.0416. The lowest BCUT2D eigenvalue weighted by Crippen LogP contribution is -2.60. The van der Waals surface area contributed by atoms with E-state index in [-0.39, 0.29) is 69.4 Å². The van der Waals surface area contributed by atoms with E-state index < -0.39 is 154 Å². The minimum absolute atomic E-state index is 0.0113. The quantitative estimate of drug-likeness (QED) is 0.0203. The molecular formula is C65H101NO27S2. The topological polar surface area (TPSA) is 415 Å². The molecule has 7 aliphatic heterocycles. The summed E-state index contributed by atoms with van der Waals surface area (Å²) in [6, 6.07) is 0. The molecule has 30 heteroatoms. The standard InChI is InChI=1S/C65H101NO27S2/c1-39(15-11-13-29-83-55(73)17-10-8-9-16-54(72)66-36-45(67)33-49(69)59(93-95(80,81)82)50(70)38-86-94(77,78)79)37-84-61(75)62(7,76)35-47-20-21-53(71)65(89-47)34-40(2)31-52(90-65)41(3)18-19-46-23-27-64(88-46)28-24-51-60(92-64)56(74)44(6)58(87-51)48(68)32-43(5)57-42(4)22-26-63(91-57)25-12-14-30-85-63/h8,10-11,13,15,18-19,34,41-43,45-53,56-60,67-71,74,76H,6,9,12,14,16-17,20-33,35-38H2,1-5,7H3,(H,66,72)(H,77,78,79)(H,80,81,82)/b10-8+,13-11+,19-18+,39-15+/t41?,42?,43-,45?,46-,47-,48?,49?,50?,51?,52-,53?,56?,57?,58-,59?,60?,62+,63-,64?,65?/m0/s1. The van der Waals surface area contributed by atoms with Gasteiger partial charge in [0.05, 0.1) is 68.5 Å². The first-order valence-corrected chi connectivity index (χ1v) is 35.7. The Morgan fingerprint density at radius 2 is 1.61 bits per heavy atom. The molecule has 6 saturated heterocycles. The predicted octanol–water partition coefficient (Wildman–Crippen LogP) is 4.04. The summed E-state index contributed by atoms with van der Waals surface area (Å²) >= 11 is 0. The lowest BCUT2D eigenvalue weighted by Gasteiger charge is -2.50. The number of nitrogens with one attached hydrogen (secondary N) is 1. The molecule has 1 amide bonds. The van der Waals surface area contributed by atoms with Crippen LogP contribution in [0.1, 0.15) is 157 Å². The molecule has 28 nitrogen and oxygen atoms in total. The molecule has 6 fully saturated rings. The van der Waals surface area contributed by atoms with Crippen molar-refractivity contribution in [3.05, 3.63) is 71.9 Å². The van der Waals surface area contributed by atoms with Gasteiger partial charge in [0.2, 0.25) is 11.7 Å². The number of rotatable bonds is 31. The van der Waals surface area contributed by atoms with Gasteiger partial charge >= 0.3 is 32.7 Å². The Labute approximate surface area is 556 Å². The monoisotopic (exact) mass is 1390 g/mol. The number of carbonyl (C=O) groups is 3. The molecule has 14 unspecified atom stereocenters. The summed E-state index contributed by atoms with van der Waals surface area (Å²) < 4.78 is 126. The van der Waals surface area contributed by atoms with Gasteiger partial charge in [-0.15, -0.1) is 0 Å². The minimum Gasteiger partial charge on any atom is -0.461 e. The van der Waals surface area contributed by atoms with Gasteiger partial charge in [-0.05, 0) is 120 Å². The predicted molar refractivity (Wildman–Crippen MR) is 337 cm³/mol. The molecule has 0 bridgehead atoms. The second-order valence-corrected chi connectivity index (χ2v) is 29.1. The van der Waals surface area contributed by atoms with Crippen molar-refractivity contribution in [1.29, 1.82) is 0 Å². The van der Waals surface area contributed by atoms with Gasteiger partial charge in [-0.3, -0.25) is 18.7 Å². The molecule has 0 aliphatic carbocycles. The summed E-state index contributed by atoms with van der Waals surface area (Å²) in [5.74, 6) is -4.87. The van der Waals surface area contributed by atoms with E-state index in [9.17, 15) is 67.0 Å². The molecule has 0 aromatic heterocycles. The van der Waals surface area contributed by atoms with E-state index in [1.54, 1.807) is 37.3 Å². The zero-order valence-electron chi connectivity index (χ0n) is 55.1. The van der Waals surface area contributed by atoms with Crippen LogP contribution in [0.4, 0.5) is 0 Å². The largest absolute Gasteiger partial charge is 0.461 e. The van der Waals surface area contributed by atoms with Crippen LogP contribution in [0.2, 0.25) is 0 Å². The van der Waals surface area contributed by atoms with E-state index in [0.29, 0.717) is 68.6 Å². The number of esters is 2. The molecule has 0 saturated carbocycles. The Hall–Kier alpha value is -3.97. The van der Waals surface area contributed by atoms with Crippen LogP contribution in [0, 0.1) is 17.8 Å². The van der Waals surface area contributed by atoms with E-state index >= 15 is 0 Å². The molecule has 0 aromatic rings. The van der Waals surface area contributed by atoms with E-state index in [2.05, 4.69) is 34.1 Å². The van der Waals surface area contributed by atoms with Gasteiger partial charge in [0.15, 0.2) is 17.2 Å². The number of allylic oxidation sites excluding steroid dienone is 3. The smallest absolute Gasteiger partial charge is 0.397 e. The highest BCUT2D eigenvalue weighted by atomic mass is 32.3. The molecule has 3 spiro atoms. The van der Waals surface area contributed by atoms with Gasteiger partial charge in [0, 0.05) is 57.4 Å². The van der Waals surface area contributed by atoms with Crippen LogP contribution in [0.15, 0.2) is 71.9 Å². The van der Waals surface area contributed by atoms with Gasteiger partial charge in [0.1, 0.15) is 49.8 Å². The SMILES string of the molecule is C=C1C(O)C2OC3(CCC2O[C@@H]1C(O)C[C@H](C)C1O[C@@]2(CCCCO2)CCC1C)CC[C@H](/C=C/C(C)[C@@H]1CC(C)=CC2(O[C@H](C[C@@](C)(O)C(=O)OC/C(C)=C/C=C/COC(=O)C/C=C/CCC(=O)NCC(O)CC(O)C(OS(=O)(=O)O)C(O)COS(=O)(=O)O)CCC2O)O1)O3. The van der Waals surface area contributed by atoms with Crippen molar-refractivity contribution in [3.8, 4) is 0 Å². The minimum atomic E-state index is -5.31. The number of amides is 1. The summed E-state index contributed by atoms with van der Waals surface area (Å²) in [6.45, 7) is 14.2. The maximum absolute atomic E-state index is 13.3. The fourth-order valence-corrected chi connectivity index (χ4v) is 14.4. The highest BCUT2D eigenvalue weighted by Gasteiger charge is 2.55. The maximum atomic E-state index is 13.3. The van der Waals surface area contributed by atoms with Crippen molar-refractivity contribution in [2.45, 2.75) is 266 Å². The number of carbonyl (C=O) groups excluding carboxylic acids is 3. The van der Waals surface area contributed by atoms with Crippen molar-refractivity contribution in [2.24, 2.45) is 17.8 Å². The van der Waals surface area contributed by atoms with E-state index in [4.69, 9.17) is 51.7 Å². The third-order valence-corrected chi connectivity index (χ3v) is 19.6. The number of ether oxygens (including phenoxy) is 9. The zero-order chi connectivity index (χ0) is 69.7. The van der Waals surface area contributed by atoms with Gasteiger partial charge in [0.25, 0.3) is 0 Å². The van der Waals surface area contributed by atoms with Gasteiger partial charge < -0.3 is 83.7 Å². The van der Waals surface area contributed by atoms with Crippen LogP contribution in [0.25, 0.3) is 0 Å². The van der Waals surface area contributed by atoms with Crippen LogP contribution >= 0.6 is 0 Å². The Kier molecular flexibility index (Phi) is 28.4. The second kappa shape index (κ2) is 34.4. The number of fused-ring (bicyclic) bond motifs is 1. The molecule has 7 rings (SSSR count). The molecular weight excluding hydrogens is 1290 g/mol. The van der Waals surface area contributed by atoms with Crippen molar-refractivity contribution in [1.82, 2.24) is 5.32 Å². The van der Waals surface area contributed by atoms with Gasteiger partial charge in [-0.2, -0.15) is 16.8 Å². The normalized spacial score (nSPS) is 33.9. The lowest BCUT2D eigenvalue weighted by atomic mass is 9.79. The van der Waals surface area contributed by atoms with E-state index in [1.165, 1.54) is 13.0 Å². The van der Waals surface area contributed by atoms with Crippen molar-refractivity contribution in [3.63, 3.8) is 0 Å². The Bertz CT molecular complexity index is 2970. The third-order valence-electron chi connectivity index (χ3n) is 18.7. The molecule has 540 valence electrons. The molecule has 0 aromatic carbocycles. The molecule has 0 radical (unpaired) electrons. The molecule has 21 atom stereocenters. The maximum Gasteiger partial charge on any atom is 0.397 e. The van der Waals surface area contributed by atoms with Crippen molar-refractivity contribution >= 4 is 38.6 Å². The van der Waals surface area contributed by atoms with Crippen molar-refractivity contribution < 1.29 is 127 Å². The van der Waals surface area contributed by atoms with Crippen LogP contribution in [-0.2, 0) is 86.2 Å².